The van der Waals surface area contributed by atoms with Crippen LogP contribution in [0.4, 0.5) is 5.95 Å². The van der Waals surface area contributed by atoms with E-state index in [4.69, 9.17) is 0 Å². The van der Waals surface area contributed by atoms with E-state index in [1.54, 1.807) is 0 Å². The first kappa shape index (κ1) is 16.9. The molecule has 2 N–H and O–H groups in total. The van der Waals surface area contributed by atoms with Gasteiger partial charge in [-0.3, -0.25) is 4.79 Å². The number of anilines is 1. The number of rotatable bonds is 6. The molecule has 1 atom stereocenters. The summed E-state index contributed by atoms with van der Waals surface area (Å²) in [6.45, 7) is 7.73. The highest BCUT2D eigenvalue weighted by Gasteiger charge is 2.20. The minimum Gasteiger partial charge on any atom is -0.352 e. The van der Waals surface area contributed by atoms with Crippen LogP contribution in [0.2, 0.25) is 0 Å². The van der Waals surface area contributed by atoms with E-state index >= 15 is 0 Å². The molecule has 0 bridgehead atoms. The van der Waals surface area contributed by atoms with Crippen LogP contribution in [0.15, 0.2) is 36.4 Å². The van der Waals surface area contributed by atoms with E-state index in [0.717, 1.165) is 17.0 Å². The molecule has 122 valence electrons. The Kier molecular flexibility index (Phi) is 5.68. The predicted octanol–water partition coefficient (Wildman–Crippen LogP) is 2.64. The molecule has 23 heavy (non-hydrogen) atoms. The second-order valence-electron chi connectivity index (χ2n) is 6.02. The summed E-state index contributed by atoms with van der Waals surface area (Å²) in [6, 6.07) is 11.5. The number of hydrogen-bond acceptors (Lipinski definition) is 4. The minimum absolute atomic E-state index is 0.0494. The Morgan fingerprint density at radius 3 is 2.26 bits per heavy atom. The third-order valence-electron chi connectivity index (χ3n) is 3.32. The van der Waals surface area contributed by atoms with Crippen molar-refractivity contribution in [3.63, 3.8) is 0 Å². The third-order valence-corrected chi connectivity index (χ3v) is 3.32. The topological polar surface area (TPSA) is 66.9 Å². The first-order chi connectivity index (χ1) is 10.9. The van der Waals surface area contributed by atoms with Gasteiger partial charge >= 0.3 is 0 Å². The standard InChI is InChI=1S/C18H24N4O/c1-12(2)19-17(23)16(11-15-8-6-5-7-9-15)22-18-20-13(3)10-14(4)21-18/h5-10,12,16H,11H2,1-4H3,(H,19,23)(H,20,21,22). The van der Waals surface area contributed by atoms with Crippen LogP contribution >= 0.6 is 0 Å². The maximum Gasteiger partial charge on any atom is 0.243 e. The first-order valence-corrected chi connectivity index (χ1v) is 7.87. The molecule has 1 aromatic carbocycles. The van der Waals surface area contributed by atoms with E-state index in [9.17, 15) is 4.79 Å². The number of hydrogen-bond donors (Lipinski definition) is 2. The SMILES string of the molecule is Cc1cc(C)nc(NC(Cc2ccccc2)C(=O)NC(C)C)n1. The van der Waals surface area contributed by atoms with E-state index in [1.807, 2.05) is 64.1 Å². The van der Waals surface area contributed by atoms with Crippen molar-refractivity contribution in [3.8, 4) is 0 Å². The van der Waals surface area contributed by atoms with Crippen LogP contribution < -0.4 is 10.6 Å². The summed E-state index contributed by atoms with van der Waals surface area (Å²) in [5.74, 6) is 0.439. The lowest BCUT2D eigenvalue weighted by Crippen LogP contribution is -2.44. The van der Waals surface area contributed by atoms with Gasteiger partial charge in [0.25, 0.3) is 0 Å². The van der Waals surface area contributed by atoms with E-state index in [-0.39, 0.29) is 11.9 Å². The molecule has 0 aliphatic heterocycles. The van der Waals surface area contributed by atoms with Crippen molar-refractivity contribution < 1.29 is 4.79 Å². The lowest BCUT2D eigenvalue weighted by molar-refractivity contribution is -0.122. The van der Waals surface area contributed by atoms with Crippen molar-refractivity contribution in [2.45, 2.75) is 46.2 Å². The van der Waals surface area contributed by atoms with Gasteiger partial charge in [-0.1, -0.05) is 30.3 Å². The maximum atomic E-state index is 12.5. The van der Waals surface area contributed by atoms with Crippen LogP contribution in [0.25, 0.3) is 0 Å². The van der Waals surface area contributed by atoms with E-state index < -0.39 is 6.04 Å². The molecule has 1 heterocycles. The summed E-state index contributed by atoms with van der Waals surface area (Å²) in [5, 5.41) is 6.14. The number of nitrogens with one attached hydrogen (secondary N) is 2. The average Bonchev–Trinajstić information content (AvgIpc) is 2.46. The Labute approximate surface area is 137 Å². The van der Waals surface area contributed by atoms with Gasteiger partial charge in [0, 0.05) is 23.9 Å². The fourth-order valence-corrected chi connectivity index (χ4v) is 2.39. The van der Waals surface area contributed by atoms with Gasteiger partial charge in [-0.25, -0.2) is 9.97 Å². The van der Waals surface area contributed by atoms with Gasteiger partial charge in [0.15, 0.2) is 0 Å². The van der Waals surface area contributed by atoms with Crippen molar-refractivity contribution >= 4 is 11.9 Å². The van der Waals surface area contributed by atoms with Crippen LogP contribution in [-0.4, -0.2) is 28.0 Å². The number of aromatic nitrogens is 2. The average molecular weight is 312 g/mol. The van der Waals surface area contributed by atoms with Crippen molar-refractivity contribution in [1.82, 2.24) is 15.3 Å². The van der Waals surface area contributed by atoms with Crippen molar-refractivity contribution in [3.05, 3.63) is 53.3 Å². The monoisotopic (exact) mass is 312 g/mol. The lowest BCUT2D eigenvalue weighted by Gasteiger charge is -2.20. The predicted molar refractivity (Wildman–Crippen MR) is 92.3 cm³/mol. The molecule has 2 rings (SSSR count). The van der Waals surface area contributed by atoms with Gasteiger partial charge in [0.1, 0.15) is 6.04 Å². The van der Waals surface area contributed by atoms with Gasteiger partial charge in [-0.05, 0) is 39.3 Å². The molecule has 0 radical (unpaired) electrons. The number of nitrogens with zero attached hydrogens (tertiary/aromatic N) is 2. The molecule has 5 nitrogen and oxygen atoms in total. The number of amides is 1. The van der Waals surface area contributed by atoms with E-state index in [2.05, 4.69) is 20.6 Å². The molecule has 5 heteroatoms. The summed E-state index contributed by atoms with van der Waals surface area (Å²) in [6.07, 6.45) is 0.579. The Balaban J connectivity index is 2.20. The van der Waals surface area contributed by atoms with Gasteiger partial charge in [0.05, 0.1) is 0 Å². The van der Waals surface area contributed by atoms with Crippen molar-refractivity contribution in [2.24, 2.45) is 0 Å². The highest BCUT2D eigenvalue weighted by molar-refractivity contribution is 5.84. The molecule has 2 aromatic rings. The zero-order valence-electron chi connectivity index (χ0n) is 14.1. The number of carbonyl (C=O) groups excluding carboxylic acids is 1. The Bertz CT molecular complexity index is 635. The third kappa shape index (κ3) is 5.36. The van der Waals surface area contributed by atoms with Gasteiger partial charge in [0.2, 0.25) is 11.9 Å². The molecule has 0 saturated carbocycles. The molecule has 0 spiro atoms. The summed E-state index contributed by atoms with van der Waals surface area (Å²) < 4.78 is 0. The number of carbonyl (C=O) groups is 1. The Hall–Kier alpha value is -2.43. The zero-order chi connectivity index (χ0) is 16.8. The molecule has 1 aromatic heterocycles. The minimum atomic E-state index is -0.416. The summed E-state index contributed by atoms with van der Waals surface area (Å²) in [5.41, 5.74) is 2.85. The van der Waals surface area contributed by atoms with Crippen LogP contribution in [0.3, 0.4) is 0 Å². The van der Waals surface area contributed by atoms with Gasteiger partial charge in [-0.15, -0.1) is 0 Å². The van der Waals surface area contributed by atoms with Crippen LogP contribution in [0.5, 0.6) is 0 Å². The lowest BCUT2D eigenvalue weighted by atomic mass is 10.1. The van der Waals surface area contributed by atoms with Crippen LogP contribution in [0.1, 0.15) is 30.8 Å². The fourth-order valence-electron chi connectivity index (χ4n) is 2.39. The number of benzene rings is 1. The molecule has 1 amide bonds. The molecular weight excluding hydrogens is 288 g/mol. The molecular formula is C18H24N4O. The Morgan fingerprint density at radius 2 is 1.70 bits per heavy atom. The van der Waals surface area contributed by atoms with Gasteiger partial charge < -0.3 is 10.6 Å². The van der Waals surface area contributed by atoms with E-state index in [0.29, 0.717) is 12.4 Å². The second kappa shape index (κ2) is 7.72. The largest absolute Gasteiger partial charge is 0.352 e. The highest BCUT2D eigenvalue weighted by atomic mass is 16.2. The Morgan fingerprint density at radius 1 is 1.09 bits per heavy atom. The van der Waals surface area contributed by atoms with Gasteiger partial charge in [-0.2, -0.15) is 0 Å². The highest BCUT2D eigenvalue weighted by Crippen LogP contribution is 2.10. The maximum absolute atomic E-state index is 12.5. The van der Waals surface area contributed by atoms with Crippen molar-refractivity contribution in [2.75, 3.05) is 5.32 Å². The van der Waals surface area contributed by atoms with Crippen molar-refractivity contribution in [1.29, 1.82) is 0 Å². The zero-order valence-corrected chi connectivity index (χ0v) is 14.1. The van der Waals surface area contributed by atoms with Crippen LogP contribution in [-0.2, 0) is 11.2 Å². The normalized spacial score (nSPS) is 12.0. The molecule has 0 aliphatic carbocycles. The van der Waals surface area contributed by atoms with E-state index in [1.165, 1.54) is 0 Å². The summed E-state index contributed by atoms with van der Waals surface area (Å²) in [4.78, 5) is 21.3. The molecule has 1 unspecified atom stereocenters. The molecule has 0 fully saturated rings. The number of aryl methyl sites for hydroxylation is 2. The summed E-state index contributed by atoms with van der Waals surface area (Å²) in [7, 11) is 0. The molecule has 0 saturated heterocycles. The summed E-state index contributed by atoms with van der Waals surface area (Å²) >= 11 is 0. The smallest absolute Gasteiger partial charge is 0.243 e. The fraction of sp³-hybridized carbons (Fsp3) is 0.389. The quantitative estimate of drug-likeness (QED) is 0.860. The van der Waals surface area contributed by atoms with Crippen LogP contribution in [0, 0.1) is 13.8 Å². The first-order valence-electron chi connectivity index (χ1n) is 7.87. The molecule has 0 aliphatic rings. The second-order valence-corrected chi connectivity index (χ2v) is 6.02.